The van der Waals surface area contributed by atoms with Crippen LogP contribution in [0.2, 0.25) is 0 Å². The number of aliphatic hydroxyl groups excluding tert-OH is 1. The van der Waals surface area contributed by atoms with Crippen LogP contribution in [0.1, 0.15) is 32.8 Å². The van der Waals surface area contributed by atoms with E-state index in [4.69, 9.17) is 5.11 Å². The van der Waals surface area contributed by atoms with E-state index in [0.29, 0.717) is 12.0 Å². The van der Waals surface area contributed by atoms with E-state index < -0.39 is 5.82 Å². The van der Waals surface area contributed by atoms with Gasteiger partial charge in [0.25, 0.3) is 0 Å². The molecule has 0 spiro atoms. The molecule has 0 radical (unpaired) electrons. The van der Waals surface area contributed by atoms with E-state index in [-0.39, 0.29) is 24.0 Å². The third-order valence-electron chi connectivity index (χ3n) is 2.93. The van der Waals surface area contributed by atoms with Crippen molar-refractivity contribution in [3.05, 3.63) is 35.9 Å². The third kappa shape index (κ3) is 5.48. The van der Waals surface area contributed by atoms with Crippen molar-refractivity contribution >= 4 is 12.0 Å². The van der Waals surface area contributed by atoms with Gasteiger partial charge in [0.1, 0.15) is 5.82 Å². The van der Waals surface area contributed by atoms with Gasteiger partial charge in [-0.3, -0.25) is 9.78 Å². The number of aliphatic hydroxyl groups is 1. The van der Waals surface area contributed by atoms with Crippen LogP contribution in [0, 0.1) is 11.2 Å². The molecule has 1 heterocycles. The minimum Gasteiger partial charge on any atom is -0.396 e. The van der Waals surface area contributed by atoms with Crippen LogP contribution in [-0.2, 0) is 4.79 Å². The number of nitrogens with one attached hydrogen (secondary N) is 1. The number of pyridine rings is 1. The quantitative estimate of drug-likeness (QED) is 0.812. The number of hydrogen-bond donors (Lipinski definition) is 2. The Morgan fingerprint density at radius 3 is 2.75 bits per heavy atom. The van der Waals surface area contributed by atoms with E-state index in [0.717, 1.165) is 6.20 Å². The average Bonchev–Trinajstić information content (AvgIpc) is 2.35. The number of hydrogen-bond acceptors (Lipinski definition) is 3. The van der Waals surface area contributed by atoms with Gasteiger partial charge in [0.05, 0.1) is 6.20 Å². The summed E-state index contributed by atoms with van der Waals surface area (Å²) in [5.41, 5.74) is 0.377. The molecule has 0 aromatic carbocycles. The summed E-state index contributed by atoms with van der Waals surface area (Å²) in [4.78, 5) is 15.5. The molecule has 4 nitrogen and oxygen atoms in total. The summed E-state index contributed by atoms with van der Waals surface area (Å²) in [5.74, 6) is -0.719. The molecule has 0 aliphatic carbocycles. The standard InChI is InChI=1S/C15H21FN2O2/c1-15(2,3)13(6-7-19)18-14(20)5-4-11-8-12(16)10-17-9-11/h4-5,8-10,13,19H,6-7H2,1-3H3,(H,18,20)/b5-4+. The molecule has 5 heteroatoms. The summed E-state index contributed by atoms with van der Waals surface area (Å²) >= 11 is 0. The summed E-state index contributed by atoms with van der Waals surface area (Å²) in [5, 5.41) is 11.9. The Hall–Kier alpha value is -1.75. The first kappa shape index (κ1) is 16.3. The van der Waals surface area contributed by atoms with Gasteiger partial charge >= 0.3 is 0 Å². The minimum atomic E-state index is -0.444. The van der Waals surface area contributed by atoms with Crippen LogP contribution in [0.5, 0.6) is 0 Å². The molecule has 0 saturated heterocycles. The summed E-state index contributed by atoms with van der Waals surface area (Å²) in [6.07, 6.45) is 5.91. The average molecular weight is 280 g/mol. The maximum absolute atomic E-state index is 12.9. The van der Waals surface area contributed by atoms with Crippen LogP contribution in [0.15, 0.2) is 24.5 Å². The number of halogens is 1. The molecule has 0 saturated carbocycles. The van der Waals surface area contributed by atoms with Gasteiger partial charge < -0.3 is 10.4 Å². The third-order valence-corrected chi connectivity index (χ3v) is 2.93. The Balaban J connectivity index is 2.66. The molecular formula is C15H21FN2O2. The second-order valence-electron chi connectivity index (χ2n) is 5.71. The predicted octanol–water partition coefficient (Wildman–Crippen LogP) is 2.15. The second kappa shape index (κ2) is 7.14. The summed E-state index contributed by atoms with van der Waals surface area (Å²) < 4.78 is 12.9. The number of nitrogens with zero attached hydrogens (tertiary/aromatic N) is 1. The van der Waals surface area contributed by atoms with Crippen molar-refractivity contribution in [1.29, 1.82) is 0 Å². The molecule has 1 rings (SSSR count). The van der Waals surface area contributed by atoms with Gasteiger partial charge in [-0.2, -0.15) is 0 Å². The van der Waals surface area contributed by atoms with Crippen molar-refractivity contribution in [2.45, 2.75) is 33.2 Å². The van der Waals surface area contributed by atoms with Crippen LogP contribution in [0.25, 0.3) is 6.08 Å². The zero-order chi connectivity index (χ0) is 15.2. The molecule has 0 aliphatic rings. The van der Waals surface area contributed by atoms with E-state index in [9.17, 15) is 9.18 Å². The highest BCUT2D eigenvalue weighted by molar-refractivity contribution is 5.91. The summed E-state index contributed by atoms with van der Waals surface area (Å²) in [6.45, 7) is 6.00. The Morgan fingerprint density at radius 2 is 2.20 bits per heavy atom. The molecule has 1 aromatic rings. The lowest BCUT2D eigenvalue weighted by Crippen LogP contribution is -2.43. The van der Waals surface area contributed by atoms with Gasteiger partial charge in [-0.1, -0.05) is 20.8 Å². The Bertz CT molecular complexity index is 481. The van der Waals surface area contributed by atoms with Gasteiger partial charge in [0.2, 0.25) is 5.91 Å². The van der Waals surface area contributed by atoms with Crippen molar-refractivity contribution in [3.63, 3.8) is 0 Å². The first-order valence-corrected chi connectivity index (χ1v) is 6.53. The number of aromatic nitrogens is 1. The molecule has 1 amide bonds. The first-order valence-electron chi connectivity index (χ1n) is 6.53. The normalized spacial score (nSPS) is 13.4. The second-order valence-corrected chi connectivity index (χ2v) is 5.71. The highest BCUT2D eigenvalue weighted by Crippen LogP contribution is 2.21. The van der Waals surface area contributed by atoms with Crippen molar-refractivity contribution in [2.75, 3.05) is 6.61 Å². The lowest BCUT2D eigenvalue weighted by atomic mass is 9.85. The fourth-order valence-electron chi connectivity index (χ4n) is 1.76. The predicted molar refractivity (Wildman–Crippen MR) is 76.3 cm³/mol. The smallest absolute Gasteiger partial charge is 0.244 e. The molecule has 1 atom stereocenters. The van der Waals surface area contributed by atoms with E-state index in [1.54, 1.807) is 0 Å². The lowest BCUT2D eigenvalue weighted by molar-refractivity contribution is -0.118. The maximum Gasteiger partial charge on any atom is 0.244 e. The molecule has 1 aromatic heterocycles. The topological polar surface area (TPSA) is 62.2 Å². The van der Waals surface area contributed by atoms with Crippen LogP contribution in [0.3, 0.4) is 0 Å². The largest absolute Gasteiger partial charge is 0.396 e. The maximum atomic E-state index is 12.9. The van der Waals surface area contributed by atoms with Gasteiger partial charge in [-0.05, 0) is 29.5 Å². The minimum absolute atomic E-state index is 0.0136. The van der Waals surface area contributed by atoms with E-state index in [2.05, 4.69) is 10.3 Å². The monoisotopic (exact) mass is 280 g/mol. The van der Waals surface area contributed by atoms with Gasteiger partial charge in [0.15, 0.2) is 0 Å². The number of rotatable bonds is 5. The Kier molecular flexibility index (Phi) is 5.82. The molecular weight excluding hydrogens is 259 g/mol. The zero-order valence-electron chi connectivity index (χ0n) is 12.1. The van der Waals surface area contributed by atoms with Gasteiger partial charge in [-0.15, -0.1) is 0 Å². The number of amides is 1. The fourth-order valence-corrected chi connectivity index (χ4v) is 1.76. The van der Waals surface area contributed by atoms with E-state index >= 15 is 0 Å². The molecule has 1 unspecified atom stereocenters. The van der Waals surface area contributed by atoms with Crippen molar-refractivity contribution in [1.82, 2.24) is 10.3 Å². The number of carbonyl (C=O) groups is 1. The highest BCUT2D eigenvalue weighted by atomic mass is 19.1. The molecule has 110 valence electrons. The van der Waals surface area contributed by atoms with Gasteiger partial charge in [0, 0.05) is 24.9 Å². The van der Waals surface area contributed by atoms with Crippen molar-refractivity contribution < 1.29 is 14.3 Å². The lowest BCUT2D eigenvalue weighted by Gasteiger charge is -2.30. The molecule has 0 bridgehead atoms. The van der Waals surface area contributed by atoms with Crippen molar-refractivity contribution in [2.24, 2.45) is 5.41 Å². The first-order chi connectivity index (χ1) is 9.32. The van der Waals surface area contributed by atoms with E-state index in [1.807, 2.05) is 20.8 Å². The van der Waals surface area contributed by atoms with Gasteiger partial charge in [-0.25, -0.2) is 4.39 Å². The zero-order valence-corrected chi connectivity index (χ0v) is 12.1. The van der Waals surface area contributed by atoms with Crippen molar-refractivity contribution in [3.8, 4) is 0 Å². The molecule has 0 aliphatic heterocycles. The summed E-state index contributed by atoms with van der Waals surface area (Å²) in [7, 11) is 0. The van der Waals surface area contributed by atoms with Crippen LogP contribution in [-0.4, -0.2) is 28.6 Å². The Labute approximate surface area is 118 Å². The number of carbonyl (C=O) groups excluding carboxylic acids is 1. The molecule has 2 N–H and O–H groups in total. The van der Waals surface area contributed by atoms with Crippen LogP contribution >= 0.6 is 0 Å². The van der Waals surface area contributed by atoms with Crippen LogP contribution in [0.4, 0.5) is 4.39 Å². The SMILES string of the molecule is CC(C)(C)C(CCO)NC(=O)/C=C/c1cncc(F)c1. The summed E-state index contributed by atoms with van der Waals surface area (Å²) in [6, 6.07) is 1.17. The highest BCUT2D eigenvalue weighted by Gasteiger charge is 2.24. The fraction of sp³-hybridized carbons (Fsp3) is 0.467. The van der Waals surface area contributed by atoms with Crippen LogP contribution < -0.4 is 5.32 Å². The Morgan fingerprint density at radius 1 is 1.50 bits per heavy atom. The molecule has 0 fully saturated rings. The van der Waals surface area contributed by atoms with E-state index in [1.165, 1.54) is 24.4 Å². The molecule has 20 heavy (non-hydrogen) atoms.